The van der Waals surface area contributed by atoms with Crippen molar-refractivity contribution in [1.82, 2.24) is 26.1 Å². The van der Waals surface area contributed by atoms with Gasteiger partial charge >= 0.3 is 0 Å². The smallest absolute Gasteiger partial charge is 0.252 e. The van der Waals surface area contributed by atoms with Crippen LogP contribution in [-0.4, -0.2) is 66.1 Å². The van der Waals surface area contributed by atoms with Crippen molar-refractivity contribution in [2.75, 3.05) is 25.3 Å². The van der Waals surface area contributed by atoms with E-state index in [9.17, 15) is 14.4 Å². The van der Waals surface area contributed by atoms with Crippen molar-refractivity contribution in [2.24, 2.45) is 5.92 Å². The molecule has 2 amide bonds. The SMILES string of the molecule is CCc1noc([C@@H](NC(=O)[C@H](C)NC[C@H](Cc2ccccc2)NC(=O)c2cc(C(=O)CC[C@H](C)c3ccccc3)cc(N(C)C3(C)OCO3)c2)C(C)C)n1. The van der Waals surface area contributed by atoms with Crippen molar-refractivity contribution >= 4 is 23.3 Å². The van der Waals surface area contributed by atoms with Gasteiger partial charge in [-0.15, -0.1) is 0 Å². The van der Waals surface area contributed by atoms with Crippen LogP contribution in [0.4, 0.5) is 5.69 Å². The van der Waals surface area contributed by atoms with Gasteiger partial charge in [0.1, 0.15) is 6.04 Å². The van der Waals surface area contributed by atoms with Crippen LogP contribution in [0.25, 0.3) is 0 Å². The zero-order chi connectivity index (χ0) is 38.8. The molecule has 54 heavy (non-hydrogen) atoms. The highest BCUT2D eigenvalue weighted by molar-refractivity contribution is 6.02. The first kappa shape index (κ1) is 40.3. The Morgan fingerprint density at radius 1 is 0.907 bits per heavy atom. The number of hydrogen-bond donors (Lipinski definition) is 3. The Hall–Kier alpha value is -4.91. The summed E-state index contributed by atoms with van der Waals surface area (Å²) in [6.45, 7) is 12.0. The number of aryl methyl sites for hydroxylation is 1. The van der Waals surface area contributed by atoms with Crippen molar-refractivity contribution in [2.45, 2.75) is 97.2 Å². The van der Waals surface area contributed by atoms with Gasteiger partial charge in [-0.2, -0.15) is 4.98 Å². The molecule has 1 aliphatic heterocycles. The lowest BCUT2D eigenvalue weighted by Gasteiger charge is -2.45. The Balaban J connectivity index is 1.32. The summed E-state index contributed by atoms with van der Waals surface area (Å²) in [7, 11) is 1.81. The third-order valence-corrected chi connectivity index (χ3v) is 10.1. The van der Waals surface area contributed by atoms with E-state index in [0.717, 1.165) is 5.56 Å². The highest BCUT2D eigenvalue weighted by atomic mass is 16.9. The third kappa shape index (κ3) is 10.4. The molecule has 4 atom stereocenters. The molecule has 0 radical (unpaired) electrons. The Kier molecular flexibility index (Phi) is 13.7. The van der Waals surface area contributed by atoms with Crippen molar-refractivity contribution in [3.63, 3.8) is 0 Å². The molecule has 0 aliphatic carbocycles. The summed E-state index contributed by atoms with van der Waals surface area (Å²) in [5, 5.41) is 13.5. The number of Topliss-reactive ketones (excluding diaryl/α,β-unsaturated/α-hetero) is 1. The molecule has 3 aromatic carbocycles. The quantitative estimate of drug-likeness (QED) is 0.0931. The van der Waals surface area contributed by atoms with E-state index < -0.39 is 24.0 Å². The van der Waals surface area contributed by atoms with Crippen LogP contribution in [0.3, 0.4) is 0 Å². The minimum absolute atomic E-state index is 0.0141. The van der Waals surface area contributed by atoms with Crippen molar-refractivity contribution in [3.05, 3.63) is 113 Å². The summed E-state index contributed by atoms with van der Waals surface area (Å²) in [5.41, 5.74) is 3.57. The number of nitrogens with one attached hydrogen (secondary N) is 3. The van der Waals surface area contributed by atoms with Gasteiger partial charge in [0.05, 0.1) is 6.04 Å². The molecule has 0 unspecified atom stereocenters. The molecular weight excluding hydrogens is 684 g/mol. The summed E-state index contributed by atoms with van der Waals surface area (Å²) >= 11 is 0. The van der Waals surface area contributed by atoms with E-state index in [1.807, 2.05) is 76.3 Å². The van der Waals surface area contributed by atoms with E-state index in [-0.39, 0.29) is 36.2 Å². The normalized spacial score (nSPS) is 15.8. The van der Waals surface area contributed by atoms with Gasteiger partial charge in [0.15, 0.2) is 18.4 Å². The average Bonchev–Trinajstić information content (AvgIpc) is 3.65. The Bertz CT molecular complexity index is 1840. The van der Waals surface area contributed by atoms with Gasteiger partial charge in [-0.1, -0.05) is 93.5 Å². The number of carbonyl (C=O) groups excluding carboxylic acids is 3. The van der Waals surface area contributed by atoms with Gasteiger partial charge in [0.2, 0.25) is 11.8 Å². The van der Waals surface area contributed by atoms with Crippen molar-refractivity contribution in [3.8, 4) is 0 Å². The fourth-order valence-corrected chi connectivity index (χ4v) is 6.28. The van der Waals surface area contributed by atoms with Crippen LogP contribution in [0.15, 0.2) is 83.4 Å². The number of nitrogens with zero attached hydrogens (tertiary/aromatic N) is 3. The number of rotatable bonds is 19. The highest BCUT2D eigenvalue weighted by Crippen LogP contribution is 2.32. The summed E-state index contributed by atoms with van der Waals surface area (Å²) in [5.74, 6) is -0.497. The number of aromatic nitrogens is 2. The first-order valence-corrected chi connectivity index (χ1v) is 18.8. The summed E-state index contributed by atoms with van der Waals surface area (Å²) in [6, 6.07) is 23.7. The maximum atomic E-state index is 14.1. The van der Waals surface area contributed by atoms with Gasteiger partial charge in [-0.25, -0.2) is 0 Å². The first-order valence-electron chi connectivity index (χ1n) is 18.8. The van der Waals surface area contributed by atoms with Gasteiger partial charge in [-0.3, -0.25) is 14.4 Å². The van der Waals surface area contributed by atoms with Crippen molar-refractivity contribution in [1.29, 1.82) is 0 Å². The van der Waals surface area contributed by atoms with Crippen LogP contribution >= 0.6 is 0 Å². The fourth-order valence-electron chi connectivity index (χ4n) is 6.28. The number of carbonyl (C=O) groups is 3. The topological polar surface area (TPSA) is 148 Å². The molecule has 1 aliphatic rings. The molecule has 0 spiro atoms. The third-order valence-electron chi connectivity index (χ3n) is 10.1. The fraction of sp³-hybridized carbons (Fsp3) is 0.452. The van der Waals surface area contributed by atoms with E-state index in [4.69, 9.17) is 14.0 Å². The van der Waals surface area contributed by atoms with E-state index in [1.165, 1.54) is 5.56 Å². The maximum Gasteiger partial charge on any atom is 0.252 e. The molecule has 288 valence electrons. The predicted molar refractivity (Wildman–Crippen MR) is 207 cm³/mol. The molecule has 5 rings (SSSR count). The van der Waals surface area contributed by atoms with E-state index in [1.54, 1.807) is 36.9 Å². The summed E-state index contributed by atoms with van der Waals surface area (Å²) in [6.07, 6.45) is 2.12. The molecule has 12 heteroatoms. The van der Waals surface area contributed by atoms with Crippen LogP contribution in [0.5, 0.6) is 0 Å². The molecule has 0 saturated carbocycles. The molecule has 1 fully saturated rings. The Morgan fingerprint density at radius 2 is 1.57 bits per heavy atom. The number of anilines is 1. The lowest BCUT2D eigenvalue weighted by molar-refractivity contribution is -0.386. The number of ketones is 1. The van der Waals surface area contributed by atoms with Crippen LogP contribution in [-0.2, 0) is 27.1 Å². The largest absolute Gasteiger partial charge is 0.348 e. The minimum Gasteiger partial charge on any atom is -0.348 e. The Morgan fingerprint density at radius 3 is 2.19 bits per heavy atom. The molecule has 12 nitrogen and oxygen atoms in total. The van der Waals surface area contributed by atoms with E-state index in [2.05, 4.69) is 45.1 Å². The van der Waals surface area contributed by atoms with Gasteiger partial charge in [-0.05, 0) is 60.9 Å². The second-order valence-electron chi connectivity index (χ2n) is 14.5. The number of benzene rings is 3. The molecule has 2 heterocycles. The van der Waals surface area contributed by atoms with Gasteiger partial charge in [0, 0.05) is 56.2 Å². The van der Waals surface area contributed by atoms with E-state index >= 15 is 0 Å². The zero-order valence-corrected chi connectivity index (χ0v) is 32.4. The maximum absolute atomic E-state index is 14.1. The second kappa shape index (κ2) is 18.4. The van der Waals surface area contributed by atoms with Crippen LogP contribution in [0.1, 0.15) is 110 Å². The van der Waals surface area contributed by atoms with Crippen LogP contribution in [0.2, 0.25) is 0 Å². The Labute approximate surface area is 318 Å². The number of ether oxygens (including phenoxy) is 2. The van der Waals surface area contributed by atoms with Crippen LogP contribution < -0.4 is 20.9 Å². The zero-order valence-electron chi connectivity index (χ0n) is 32.4. The molecule has 1 aromatic heterocycles. The average molecular weight is 739 g/mol. The first-order chi connectivity index (χ1) is 25.9. The predicted octanol–water partition coefficient (Wildman–Crippen LogP) is 6.35. The molecule has 3 N–H and O–H groups in total. The summed E-state index contributed by atoms with van der Waals surface area (Å²) < 4.78 is 16.8. The number of hydrogen-bond acceptors (Lipinski definition) is 10. The lowest BCUT2D eigenvalue weighted by atomic mass is 9.93. The second-order valence-corrected chi connectivity index (χ2v) is 14.5. The lowest BCUT2D eigenvalue weighted by Crippen LogP contribution is -2.56. The molecular formula is C42H54N6O6. The number of amides is 2. The minimum atomic E-state index is -1.02. The van der Waals surface area contributed by atoms with Gasteiger partial charge < -0.3 is 34.8 Å². The standard InChI is InChI=1S/C42H54N6O6/c1-8-37-45-41(54-47-37)38(27(2)3)46-39(50)29(5)43-25-34(21-30-15-11-9-12-16-30)44-40(51)33-22-32(23-35(24-33)48(7)42(6)52-26-53-42)36(49)20-19-28(4)31-17-13-10-14-18-31/h9-18,22-24,27-29,34,38,43H,8,19-21,25-26H2,1-7H3,(H,44,51)(H,46,50)/t28-,29-,34-,38-/m0/s1. The van der Waals surface area contributed by atoms with Crippen LogP contribution in [0, 0.1) is 5.92 Å². The van der Waals surface area contributed by atoms with Crippen molar-refractivity contribution < 1.29 is 28.4 Å². The molecule has 1 saturated heterocycles. The highest BCUT2D eigenvalue weighted by Gasteiger charge is 2.40. The van der Waals surface area contributed by atoms with Gasteiger partial charge in [0.25, 0.3) is 11.8 Å². The monoisotopic (exact) mass is 738 g/mol. The van der Waals surface area contributed by atoms with E-state index in [0.29, 0.717) is 60.8 Å². The molecule has 0 bridgehead atoms. The summed E-state index contributed by atoms with van der Waals surface area (Å²) in [4.78, 5) is 47.5. The molecule has 4 aromatic rings.